The van der Waals surface area contributed by atoms with Gasteiger partial charge in [0.15, 0.2) is 0 Å². The average molecular weight is 407 g/mol. The van der Waals surface area contributed by atoms with Crippen LogP contribution in [0.15, 0.2) is 53.5 Å². The first-order chi connectivity index (χ1) is 14.5. The lowest BCUT2D eigenvalue weighted by molar-refractivity contribution is 0.0670. The van der Waals surface area contributed by atoms with Crippen molar-refractivity contribution in [3.05, 3.63) is 71.7 Å². The molecule has 1 aliphatic rings. The predicted molar refractivity (Wildman–Crippen MR) is 112 cm³/mol. The fourth-order valence-corrected chi connectivity index (χ4v) is 3.61. The van der Waals surface area contributed by atoms with Crippen molar-refractivity contribution in [3.8, 4) is 0 Å². The summed E-state index contributed by atoms with van der Waals surface area (Å²) >= 11 is 0. The molecule has 30 heavy (non-hydrogen) atoms. The molecule has 0 saturated carbocycles. The molecule has 8 heteroatoms. The van der Waals surface area contributed by atoms with Gasteiger partial charge in [-0.25, -0.2) is 9.78 Å². The second-order valence-corrected chi connectivity index (χ2v) is 7.47. The first-order valence-corrected chi connectivity index (χ1v) is 9.96. The van der Waals surface area contributed by atoms with Gasteiger partial charge >= 0.3 is 6.03 Å². The average Bonchev–Trinajstić information content (AvgIpc) is 3.38. The summed E-state index contributed by atoms with van der Waals surface area (Å²) in [6.07, 6.45) is 5.43. The summed E-state index contributed by atoms with van der Waals surface area (Å²) in [5.41, 5.74) is 2.47. The summed E-state index contributed by atoms with van der Waals surface area (Å²) in [6, 6.07) is 9.39. The van der Waals surface area contributed by atoms with E-state index in [9.17, 15) is 9.59 Å². The number of benzene rings is 1. The summed E-state index contributed by atoms with van der Waals surface area (Å²) < 4.78 is 7.45. The summed E-state index contributed by atoms with van der Waals surface area (Å²) in [5, 5.41) is 2.94. The third kappa shape index (κ3) is 4.37. The summed E-state index contributed by atoms with van der Waals surface area (Å²) in [5.74, 6) is 1.32. The van der Waals surface area contributed by atoms with Crippen LogP contribution in [0.3, 0.4) is 0 Å². The lowest BCUT2D eigenvalue weighted by Crippen LogP contribution is -2.51. The van der Waals surface area contributed by atoms with Crippen molar-refractivity contribution in [1.29, 1.82) is 0 Å². The standard InChI is InChI=1S/C22H25N5O3/c1-16-13-20(17(2)30-16)21(28)26-9-11-27(12-10-26)22(29)24-19-5-3-18(4-6-19)14-25-8-7-23-15-25/h3-8,13,15H,9-12,14H2,1-2H3,(H,24,29). The third-order valence-corrected chi connectivity index (χ3v) is 5.26. The van der Waals surface area contributed by atoms with Crippen molar-refractivity contribution in [2.75, 3.05) is 31.5 Å². The fourth-order valence-electron chi connectivity index (χ4n) is 3.61. The molecule has 3 amide bonds. The highest BCUT2D eigenvalue weighted by Crippen LogP contribution is 2.18. The van der Waals surface area contributed by atoms with Gasteiger partial charge in [0.2, 0.25) is 0 Å². The maximum absolute atomic E-state index is 12.7. The van der Waals surface area contributed by atoms with Gasteiger partial charge in [-0.3, -0.25) is 4.79 Å². The largest absolute Gasteiger partial charge is 0.466 e. The molecule has 1 aromatic carbocycles. The second kappa shape index (κ2) is 8.44. The first-order valence-electron chi connectivity index (χ1n) is 9.96. The summed E-state index contributed by atoms with van der Waals surface area (Å²) in [4.78, 5) is 32.8. The molecular weight excluding hydrogens is 382 g/mol. The molecule has 3 aromatic rings. The minimum Gasteiger partial charge on any atom is -0.466 e. The number of rotatable bonds is 4. The Morgan fingerprint density at radius 1 is 1.07 bits per heavy atom. The molecule has 0 radical (unpaired) electrons. The number of hydrogen-bond acceptors (Lipinski definition) is 4. The number of amides is 3. The number of hydrogen-bond donors (Lipinski definition) is 1. The van der Waals surface area contributed by atoms with Gasteiger partial charge in [0.05, 0.1) is 11.9 Å². The van der Waals surface area contributed by atoms with E-state index in [1.807, 2.05) is 42.0 Å². The molecule has 1 N–H and O–H groups in total. The van der Waals surface area contributed by atoms with Gasteiger partial charge in [0.25, 0.3) is 5.91 Å². The van der Waals surface area contributed by atoms with E-state index in [0.717, 1.165) is 23.6 Å². The van der Waals surface area contributed by atoms with Crippen molar-refractivity contribution in [2.45, 2.75) is 20.4 Å². The van der Waals surface area contributed by atoms with Crippen LogP contribution in [0.1, 0.15) is 27.4 Å². The first kappa shape index (κ1) is 19.8. The highest BCUT2D eigenvalue weighted by atomic mass is 16.3. The van der Waals surface area contributed by atoms with E-state index in [2.05, 4.69) is 10.3 Å². The Bertz CT molecular complexity index is 1020. The number of piperazine rings is 1. The number of anilines is 1. The fraction of sp³-hybridized carbons (Fsp3) is 0.318. The molecule has 8 nitrogen and oxygen atoms in total. The van der Waals surface area contributed by atoms with Gasteiger partial charge in [-0.15, -0.1) is 0 Å². The molecule has 1 fully saturated rings. The number of nitrogens with zero attached hydrogens (tertiary/aromatic N) is 4. The molecule has 0 atom stereocenters. The summed E-state index contributed by atoms with van der Waals surface area (Å²) in [7, 11) is 0. The lowest BCUT2D eigenvalue weighted by Gasteiger charge is -2.34. The van der Waals surface area contributed by atoms with Crippen LogP contribution in [0.25, 0.3) is 0 Å². The number of carbonyl (C=O) groups is 2. The van der Waals surface area contributed by atoms with Gasteiger partial charge in [-0.05, 0) is 37.6 Å². The van der Waals surface area contributed by atoms with Crippen molar-refractivity contribution in [2.24, 2.45) is 0 Å². The van der Waals surface area contributed by atoms with E-state index in [-0.39, 0.29) is 11.9 Å². The molecule has 0 unspecified atom stereocenters. The van der Waals surface area contributed by atoms with Gasteiger partial charge < -0.3 is 24.1 Å². The van der Waals surface area contributed by atoms with E-state index in [0.29, 0.717) is 37.5 Å². The number of urea groups is 1. The van der Waals surface area contributed by atoms with Gasteiger partial charge in [-0.2, -0.15) is 0 Å². The molecule has 1 aliphatic heterocycles. The Balaban J connectivity index is 1.29. The molecule has 0 spiro atoms. The van der Waals surface area contributed by atoms with Gasteiger partial charge in [-0.1, -0.05) is 12.1 Å². The quantitative estimate of drug-likeness (QED) is 0.720. The van der Waals surface area contributed by atoms with Crippen LogP contribution in [0.2, 0.25) is 0 Å². The highest BCUT2D eigenvalue weighted by Gasteiger charge is 2.26. The topological polar surface area (TPSA) is 83.6 Å². The van der Waals surface area contributed by atoms with Crippen molar-refractivity contribution in [3.63, 3.8) is 0 Å². The van der Waals surface area contributed by atoms with Crippen LogP contribution < -0.4 is 5.32 Å². The highest BCUT2D eigenvalue weighted by molar-refractivity contribution is 5.95. The maximum atomic E-state index is 12.7. The van der Waals surface area contributed by atoms with Crippen molar-refractivity contribution >= 4 is 17.6 Å². The number of aromatic nitrogens is 2. The van der Waals surface area contributed by atoms with E-state index >= 15 is 0 Å². The van der Waals surface area contributed by atoms with Gasteiger partial charge in [0, 0.05) is 50.8 Å². The van der Waals surface area contributed by atoms with Crippen LogP contribution >= 0.6 is 0 Å². The van der Waals surface area contributed by atoms with Crippen molar-refractivity contribution < 1.29 is 14.0 Å². The number of aryl methyl sites for hydroxylation is 2. The number of furan rings is 1. The van der Waals surface area contributed by atoms with Crippen LogP contribution in [-0.2, 0) is 6.54 Å². The molecule has 3 heterocycles. The Labute approximate surface area is 175 Å². The van der Waals surface area contributed by atoms with Crippen LogP contribution in [-0.4, -0.2) is 57.5 Å². The molecule has 4 rings (SSSR count). The van der Waals surface area contributed by atoms with Crippen LogP contribution in [0, 0.1) is 13.8 Å². The predicted octanol–water partition coefficient (Wildman–Crippen LogP) is 3.13. The Morgan fingerprint density at radius 2 is 1.77 bits per heavy atom. The molecule has 2 aromatic heterocycles. The molecular formula is C22H25N5O3. The number of nitrogens with one attached hydrogen (secondary N) is 1. The monoisotopic (exact) mass is 407 g/mol. The Morgan fingerprint density at radius 3 is 2.37 bits per heavy atom. The Kier molecular flexibility index (Phi) is 5.56. The number of imidazole rings is 1. The van der Waals surface area contributed by atoms with Gasteiger partial charge in [0.1, 0.15) is 11.5 Å². The normalized spacial score (nSPS) is 14.1. The Hall–Kier alpha value is -3.55. The SMILES string of the molecule is Cc1cc(C(=O)N2CCN(C(=O)Nc3ccc(Cn4ccnc4)cc3)CC2)c(C)o1. The van der Waals surface area contributed by atoms with E-state index in [1.165, 1.54) is 0 Å². The minimum absolute atomic E-state index is 0.0436. The smallest absolute Gasteiger partial charge is 0.321 e. The zero-order valence-corrected chi connectivity index (χ0v) is 17.2. The zero-order valence-electron chi connectivity index (χ0n) is 17.2. The van der Waals surface area contributed by atoms with E-state index < -0.39 is 0 Å². The van der Waals surface area contributed by atoms with Crippen molar-refractivity contribution in [1.82, 2.24) is 19.4 Å². The van der Waals surface area contributed by atoms with Crippen LogP contribution in [0.4, 0.5) is 10.5 Å². The summed E-state index contributed by atoms with van der Waals surface area (Å²) in [6.45, 7) is 6.35. The van der Waals surface area contributed by atoms with Crippen LogP contribution in [0.5, 0.6) is 0 Å². The van der Waals surface area contributed by atoms with E-state index in [4.69, 9.17) is 4.42 Å². The molecule has 1 saturated heterocycles. The molecule has 0 aliphatic carbocycles. The zero-order chi connectivity index (χ0) is 21.1. The van der Waals surface area contributed by atoms with E-state index in [1.54, 1.807) is 35.3 Å². The lowest BCUT2D eigenvalue weighted by atomic mass is 10.2. The second-order valence-electron chi connectivity index (χ2n) is 7.47. The minimum atomic E-state index is -0.153. The maximum Gasteiger partial charge on any atom is 0.321 e. The number of carbonyl (C=O) groups excluding carboxylic acids is 2. The molecule has 156 valence electrons. The third-order valence-electron chi connectivity index (χ3n) is 5.26. The molecule has 0 bridgehead atoms.